The molecule has 1 N–H and O–H groups in total. The monoisotopic (exact) mass is 320 g/mol. The van der Waals surface area contributed by atoms with Gasteiger partial charge in [-0.25, -0.2) is 0 Å². The first-order valence-corrected chi connectivity index (χ1v) is 8.19. The van der Waals surface area contributed by atoms with Crippen molar-refractivity contribution in [3.8, 4) is 6.07 Å². The summed E-state index contributed by atoms with van der Waals surface area (Å²) in [5.74, 6) is 0.226. The quantitative estimate of drug-likeness (QED) is 0.890. The number of aliphatic hydroxyl groups is 1. The molecule has 1 aliphatic carbocycles. The molecular formula is C20H20N2O2. The molecule has 1 fully saturated rings. The Kier molecular flexibility index (Phi) is 4.93. The highest BCUT2D eigenvalue weighted by atomic mass is 16.3. The molecule has 3 rings (SSSR count). The lowest BCUT2D eigenvalue weighted by molar-refractivity contribution is 0.0531. The second kappa shape index (κ2) is 7.29. The molecule has 0 saturated heterocycles. The molecule has 0 radical (unpaired) electrons. The summed E-state index contributed by atoms with van der Waals surface area (Å²) in [6.07, 6.45) is 2.09. The largest absolute Gasteiger partial charge is 0.394 e. The lowest BCUT2D eigenvalue weighted by Crippen LogP contribution is -2.43. The number of carbonyl (C=O) groups excluding carboxylic acids is 1. The van der Waals surface area contributed by atoms with Crippen LogP contribution in [0.5, 0.6) is 0 Å². The molecule has 4 nitrogen and oxygen atoms in total. The summed E-state index contributed by atoms with van der Waals surface area (Å²) in [4.78, 5) is 14.8. The van der Waals surface area contributed by atoms with Gasteiger partial charge in [0, 0.05) is 12.1 Å². The number of rotatable bonds is 6. The highest BCUT2D eigenvalue weighted by Gasteiger charge is 2.37. The Balaban J connectivity index is 1.90. The molecule has 1 unspecified atom stereocenters. The topological polar surface area (TPSA) is 64.3 Å². The van der Waals surface area contributed by atoms with Gasteiger partial charge in [0.15, 0.2) is 0 Å². The Morgan fingerprint density at radius 1 is 1.21 bits per heavy atom. The van der Waals surface area contributed by atoms with Crippen molar-refractivity contribution < 1.29 is 9.90 Å². The van der Waals surface area contributed by atoms with E-state index in [1.807, 2.05) is 30.3 Å². The SMILES string of the molecule is N#Cc1cccc(C(=O)N(Cc2ccccc2)C(CO)C2CC2)c1. The van der Waals surface area contributed by atoms with Crippen molar-refractivity contribution in [3.63, 3.8) is 0 Å². The van der Waals surface area contributed by atoms with Gasteiger partial charge in [0.25, 0.3) is 5.91 Å². The summed E-state index contributed by atoms with van der Waals surface area (Å²) in [6, 6.07) is 18.4. The van der Waals surface area contributed by atoms with E-state index < -0.39 is 0 Å². The maximum Gasteiger partial charge on any atom is 0.254 e. The van der Waals surface area contributed by atoms with Crippen molar-refractivity contribution in [1.29, 1.82) is 5.26 Å². The minimum absolute atomic E-state index is 0.0405. The third kappa shape index (κ3) is 3.64. The molecule has 0 aromatic heterocycles. The first-order chi connectivity index (χ1) is 11.7. The Hall–Kier alpha value is -2.64. The second-order valence-corrected chi connectivity index (χ2v) is 6.20. The number of nitrogens with zero attached hydrogens (tertiary/aromatic N) is 2. The van der Waals surface area contributed by atoms with Crippen molar-refractivity contribution >= 4 is 5.91 Å². The van der Waals surface area contributed by atoms with Crippen molar-refractivity contribution in [2.75, 3.05) is 6.61 Å². The fraction of sp³-hybridized carbons (Fsp3) is 0.300. The summed E-state index contributed by atoms with van der Waals surface area (Å²) in [5.41, 5.74) is 1.98. The number of benzene rings is 2. The number of hydrogen-bond donors (Lipinski definition) is 1. The molecule has 1 atom stereocenters. The summed E-state index contributed by atoms with van der Waals surface area (Å²) in [5, 5.41) is 18.9. The van der Waals surface area contributed by atoms with E-state index in [1.54, 1.807) is 29.2 Å². The van der Waals surface area contributed by atoms with Gasteiger partial charge in [0.05, 0.1) is 24.3 Å². The van der Waals surface area contributed by atoms with Crippen molar-refractivity contribution in [2.45, 2.75) is 25.4 Å². The number of nitriles is 1. The maximum atomic E-state index is 13.1. The van der Waals surface area contributed by atoms with Crippen LogP contribution < -0.4 is 0 Å². The van der Waals surface area contributed by atoms with E-state index >= 15 is 0 Å². The van der Waals surface area contributed by atoms with Gasteiger partial charge < -0.3 is 10.0 Å². The van der Waals surface area contributed by atoms with Crippen LogP contribution in [0.1, 0.15) is 34.3 Å². The first-order valence-electron chi connectivity index (χ1n) is 8.19. The van der Waals surface area contributed by atoms with Crippen LogP contribution in [0.3, 0.4) is 0 Å². The zero-order chi connectivity index (χ0) is 16.9. The fourth-order valence-corrected chi connectivity index (χ4v) is 2.99. The smallest absolute Gasteiger partial charge is 0.254 e. The van der Waals surface area contributed by atoms with Crippen LogP contribution in [0.2, 0.25) is 0 Å². The predicted octanol–water partition coefficient (Wildman–Crippen LogP) is 2.97. The molecule has 2 aromatic carbocycles. The van der Waals surface area contributed by atoms with E-state index in [4.69, 9.17) is 5.26 Å². The lowest BCUT2D eigenvalue weighted by Gasteiger charge is -2.31. The van der Waals surface area contributed by atoms with E-state index in [9.17, 15) is 9.90 Å². The van der Waals surface area contributed by atoms with Crippen LogP contribution in [0.25, 0.3) is 0 Å². The summed E-state index contributed by atoms with van der Waals surface area (Å²) in [6.45, 7) is 0.416. The zero-order valence-corrected chi connectivity index (χ0v) is 13.4. The third-order valence-electron chi connectivity index (χ3n) is 4.45. The fourth-order valence-electron chi connectivity index (χ4n) is 2.99. The highest BCUT2D eigenvalue weighted by molar-refractivity contribution is 5.94. The Morgan fingerprint density at radius 2 is 1.96 bits per heavy atom. The van der Waals surface area contributed by atoms with Crippen molar-refractivity contribution in [2.24, 2.45) is 5.92 Å². The molecule has 1 saturated carbocycles. The molecule has 122 valence electrons. The molecule has 1 aliphatic rings. The standard InChI is InChI=1S/C20H20N2O2/c21-12-16-7-4-8-18(11-16)20(24)22(19(14-23)17-9-10-17)13-15-5-2-1-3-6-15/h1-8,11,17,19,23H,9-10,13-14H2. The van der Waals surface area contributed by atoms with Crippen LogP contribution >= 0.6 is 0 Å². The molecule has 0 heterocycles. The normalized spacial score (nSPS) is 14.7. The summed E-state index contributed by atoms with van der Waals surface area (Å²) < 4.78 is 0. The number of hydrogen-bond acceptors (Lipinski definition) is 3. The van der Waals surface area contributed by atoms with E-state index in [1.165, 1.54) is 0 Å². The molecular weight excluding hydrogens is 300 g/mol. The molecule has 4 heteroatoms. The van der Waals surface area contributed by atoms with Crippen molar-refractivity contribution in [3.05, 3.63) is 71.3 Å². The summed E-state index contributed by atoms with van der Waals surface area (Å²) >= 11 is 0. The van der Waals surface area contributed by atoms with E-state index in [-0.39, 0.29) is 18.6 Å². The maximum absolute atomic E-state index is 13.1. The molecule has 0 aliphatic heterocycles. The average molecular weight is 320 g/mol. The highest BCUT2D eigenvalue weighted by Crippen LogP contribution is 2.36. The average Bonchev–Trinajstić information content (AvgIpc) is 3.47. The first kappa shape index (κ1) is 16.2. The van der Waals surface area contributed by atoms with Crippen molar-refractivity contribution in [1.82, 2.24) is 4.90 Å². The van der Waals surface area contributed by atoms with Gasteiger partial charge >= 0.3 is 0 Å². The van der Waals surface area contributed by atoms with Crippen LogP contribution in [-0.4, -0.2) is 28.6 Å². The Morgan fingerprint density at radius 3 is 2.58 bits per heavy atom. The van der Waals surface area contributed by atoms with Crippen LogP contribution in [0.15, 0.2) is 54.6 Å². The minimum Gasteiger partial charge on any atom is -0.394 e. The Labute approximate surface area is 142 Å². The van der Waals surface area contributed by atoms with Crippen LogP contribution in [0.4, 0.5) is 0 Å². The van der Waals surface area contributed by atoms with E-state index in [2.05, 4.69) is 6.07 Å². The van der Waals surface area contributed by atoms with Crippen LogP contribution in [-0.2, 0) is 6.54 Å². The second-order valence-electron chi connectivity index (χ2n) is 6.20. The molecule has 1 amide bonds. The lowest BCUT2D eigenvalue weighted by atomic mass is 10.1. The van der Waals surface area contributed by atoms with E-state index in [0.717, 1.165) is 18.4 Å². The third-order valence-corrected chi connectivity index (χ3v) is 4.45. The van der Waals surface area contributed by atoms with Gasteiger partial charge in [-0.2, -0.15) is 5.26 Å². The molecule has 24 heavy (non-hydrogen) atoms. The number of carbonyl (C=O) groups is 1. The van der Waals surface area contributed by atoms with Gasteiger partial charge in [-0.15, -0.1) is 0 Å². The predicted molar refractivity (Wildman–Crippen MR) is 91.1 cm³/mol. The van der Waals surface area contributed by atoms with Gasteiger partial charge in [0.1, 0.15) is 0 Å². The number of amides is 1. The molecule has 0 spiro atoms. The number of aliphatic hydroxyl groups excluding tert-OH is 1. The van der Waals surface area contributed by atoms with Gasteiger partial charge in [-0.05, 0) is 42.5 Å². The zero-order valence-electron chi connectivity index (χ0n) is 13.4. The van der Waals surface area contributed by atoms with Gasteiger partial charge in [-0.3, -0.25) is 4.79 Å². The Bertz CT molecular complexity index is 748. The van der Waals surface area contributed by atoms with Gasteiger partial charge in [0.2, 0.25) is 0 Å². The molecule has 0 bridgehead atoms. The minimum atomic E-state index is -0.177. The summed E-state index contributed by atoms with van der Waals surface area (Å²) in [7, 11) is 0. The molecule has 2 aromatic rings. The van der Waals surface area contributed by atoms with Gasteiger partial charge in [-0.1, -0.05) is 36.4 Å². The van der Waals surface area contributed by atoms with Crippen LogP contribution in [0, 0.1) is 17.2 Å². The van der Waals surface area contributed by atoms with E-state index in [0.29, 0.717) is 23.6 Å².